The van der Waals surface area contributed by atoms with Gasteiger partial charge in [-0.15, -0.1) is 0 Å². The number of fused-ring (bicyclic) bond motifs is 1. The molecule has 0 saturated carbocycles. The first-order valence-corrected chi connectivity index (χ1v) is 4.47. The first kappa shape index (κ1) is 8.75. The van der Waals surface area contributed by atoms with E-state index >= 15 is 0 Å². The number of hydrogen-bond acceptors (Lipinski definition) is 2. The van der Waals surface area contributed by atoms with E-state index in [1.54, 1.807) is 0 Å². The summed E-state index contributed by atoms with van der Waals surface area (Å²) in [7, 11) is 0. The van der Waals surface area contributed by atoms with Gasteiger partial charge in [-0.2, -0.15) is 0 Å². The highest BCUT2D eigenvalue weighted by atomic mass is 16.1. The normalized spacial score (nSPS) is 10.4. The van der Waals surface area contributed by atoms with Crippen molar-refractivity contribution in [3.05, 3.63) is 41.5 Å². The van der Waals surface area contributed by atoms with Gasteiger partial charge in [-0.05, 0) is 29.3 Å². The molecular formula is C12H11NO. The smallest absolute Gasteiger partial charge is 0.152 e. The molecule has 0 heterocycles. The van der Waals surface area contributed by atoms with E-state index in [0.717, 1.165) is 22.6 Å². The number of aryl methyl sites for hydroxylation is 1. The molecule has 0 bridgehead atoms. The Morgan fingerprint density at radius 3 is 2.71 bits per heavy atom. The summed E-state index contributed by atoms with van der Waals surface area (Å²) in [4.78, 5) is 10.7. The highest BCUT2D eigenvalue weighted by molar-refractivity contribution is 5.97. The van der Waals surface area contributed by atoms with Crippen LogP contribution < -0.4 is 5.73 Å². The van der Waals surface area contributed by atoms with Crippen molar-refractivity contribution in [3.8, 4) is 0 Å². The predicted molar refractivity (Wildman–Crippen MR) is 58.5 cm³/mol. The monoisotopic (exact) mass is 185 g/mol. The van der Waals surface area contributed by atoms with Crippen LogP contribution >= 0.6 is 0 Å². The average molecular weight is 185 g/mol. The first-order valence-electron chi connectivity index (χ1n) is 4.47. The van der Waals surface area contributed by atoms with Crippen LogP contribution in [0.2, 0.25) is 0 Å². The molecule has 2 nitrogen and oxygen atoms in total. The molecule has 0 aliphatic rings. The highest BCUT2D eigenvalue weighted by Gasteiger charge is 2.05. The Morgan fingerprint density at radius 1 is 1.29 bits per heavy atom. The first-order chi connectivity index (χ1) is 6.74. The maximum absolute atomic E-state index is 10.7. The van der Waals surface area contributed by atoms with E-state index in [9.17, 15) is 4.79 Å². The summed E-state index contributed by atoms with van der Waals surface area (Å²) in [5.41, 5.74) is 7.96. The molecule has 0 aliphatic heterocycles. The van der Waals surface area contributed by atoms with Crippen LogP contribution in [0.4, 0.5) is 5.69 Å². The fourth-order valence-corrected chi connectivity index (χ4v) is 1.67. The molecule has 2 aromatic carbocycles. The number of nitrogens with two attached hydrogens (primary N) is 1. The van der Waals surface area contributed by atoms with E-state index in [2.05, 4.69) is 0 Å². The van der Waals surface area contributed by atoms with Gasteiger partial charge in [0.2, 0.25) is 0 Å². The number of hydrogen-bond donors (Lipinski definition) is 1. The van der Waals surface area contributed by atoms with Gasteiger partial charge < -0.3 is 5.73 Å². The minimum absolute atomic E-state index is 0.571. The van der Waals surface area contributed by atoms with E-state index in [-0.39, 0.29) is 0 Å². The Hall–Kier alpha value is -1.83. The van der Waals surface area contributed by atoms with Gasteiger partial charge in [-0.3, -0.25) is 4.79 Å². The molecule has 2 aromatic rings. The van der Waals surface area contributed by atoms with Crippen molar-refractivity contribution in [2.75, 3.05) is 5.73 Å². The zero-order valence-electron chi connectivity index (χ0n) is 7.95. The molecule has 0 atom stereocenters. The summed E-state index contributed by atoms with van der Waals surface area (Å²) in [6.45, 7) is 1.94. The molecule has 70 valence electrons. The van der Waals surface area contributed by atoms with Crippen molar-refractivity contribution in [1.82, 2.24) is 0 Å². The summed E-state index contributed by atoms with van der Waals surface area (Å²) in [6.07, 6.45) is 0.800. The zero-order valence-corrected chi connectivity index (χ0v) is 7.95. The molecule has 0 aromatic heterocycles. The van der Waals surface area contributed by atoms with Gasteiger partial charge in [-0.1, -0.05) is 24.3 Å². The molecule has 0 unspecified atom stereocenters. The van der Waals surface area contributed by atoms with Gasteiger partial charge in [0.05, 0.1) is 0 Å². The Balaban J connectivity index is 2.91. The van der Waals surface area contributed by atoms with Crippen LogP contribution in [-0.4, -0.2) is 6.29 Å². The SMILES string of the molecule is Cc1c(N)c(C=O)cc2ccccc12. The fourth-order valence-electron chi connectivity index (χ4n) is 1.67. The Kier molecular flexibility index (Phi) is 1.97. The van der Waals surface area contributed by atoms with Crippen molar-refractivity contribution in [2.24, 2.45) is 0 Å². The second-order valence-electron chi connectivity index (χ2n) is 3.34. The van der Waals surface area contributed by atoms with Crippen molar-refractivity contribution >= 4 is 22.7 Å². The minimum atomic E-state index is 0.571. The van der Waals surface area contributed by atoms with E-state index in [0.29, 0.717) is 11.3 Å². The summed E-state index contributed by atoms with van der Waals surface area (Å²) in [6, 6.07) is 9.73. The lowest BCUT2D eigenvalue weighted by Crippen LogP contribution is -1.96. The minimum Gasteiger partial charge on any atom is -0.398 e. The lowest BCUT2D eigenvalue weighted by atomic mass is 10.00. The lowest BCUT2D eigenvalue weighted by Gasteiger charge is -2.07. The summed E-state index contributed by atoms with van der Waals surface area (Å²) < 4.78 is 0. The molecule has 14 heavy (non-hydrogen) atoms. The summed E-state index contributed by atoms with van der Waals surface area (Å²) >= 11 is 0. The quantitative estimate of drug-likeness (QED) is 0.548. The Labute approximate surface area is 82.3 Å². The standard InChI is InChI=1S/C12H11NO/c1-8-11-5-3-2-4-9(11)6-10(7-14)12(8)13/h2-7H,13H2,1H3. The van der Waals surface area contributed by atoms with Gasteiger partial charge in [0.25, 0.3) is 0 Å². The van der Waals surface area contributed by atoms with Crippen LogP contribution in [-0.2, 0) is 0 Å². The van der Waals surface area contributed by atoms with Gasteiger partial charge in [-0.25, -0.2) is 0 Å². The van der Waals surface area contributed by atoms with Crippen LogP contribution in [0.3, 0.4) is 0 Å². The highest BCUT2D eigenvalue weighted by Crippen LogP contribution is 2.26. The van der Waals surface area contributed by atoms with Gasteiger partial charge in [0, 0.05) is 11.3 Å². The van der Waals surface area contributed by atoms with Crippen molar-refractivity contribution in [1.29, 1.82) is 0 Å². The molecule has 0 radical (unpaired) electrons. The number of aldehydes is 1. The molecule has 2 heteroatoms. The van der Waals surface area contributed by atoms with E-state index < -0.39 is 0 Å². The van der Waals surface area contributed by atoms with Gasteiger partial charge in [0.15, 0.2) is 6.29 Å². The van der Waals surface area contributed by atoms with Crippen molar-refractivity contribution in [3.63, 3.8) is 0 Å². The molecule has 0 fully saturated rings. The summed E-state index contributed by atoms with van der Waals surface area (Å²) in [5, 5.41) is 2.16. The van der Waals surface area contributed by atoms with E-state index in [1.165, 1.54) is 0 Å². The molecule has 0 amide bonds. The maximum atomic E-state index is 10.7. The third-order valence-corrected chi connectivity index (χ3v) is 2.52. The predicted octanol–water partition coefficient (Wildman–Crippen LogP) is 2.54. The molecule has 0 spiro atoms. The molecule has 0 aliphatic carbocycles. The third kappa shape index (κ3) is 1.16. The van der Waals surface area contributed by atoms with Gasteiger partial charge >= 0.3 is 0 Å². The lowest BCUT2D eigenvalue weighted by molar-refractivity contribution is 0.112. The second kappa shape index (κ2) is 3.14. The van der Waals surface area contributed by atoms with Crippen LogP contribution in [0.25, 0.3) is 10.8 Å². The van der Waals surface area contributed by atoms with Crippen molar-refractivity contribution in [2.45, 2.75) is 6.92 Å². The number of benzene rings is 2. The molecule has 2 N–H and O–H groups in total. The van der Waals surface area contributed by atoms with Gasteiger partial charge in [0.1, 0.15) is 0 Å². The number of nitrogen functional groups attached to an aromatic ring is 1. The van der Waals surface area contributed by atoms with E-state index in [4.69, 9.17) is 5.73 Å². The fraction of sp³-hybridized carbons (Fsp3) is 0.0833. The van der Waals surface area contributed by atoms with Crippen LogP contribution in [0.15, 0.2) is 30.3 Å². The average Bonchev–Trinajstić information content (AvgIpc) is 2.23. The van der Waals surface area contributed by atoms with Crippen molar-refractivity contribution < 1.29 is 4.79 Å². The van der Waals surface area contributed by atoms with Crippen LogP contribution in [0, 0.1) is 6.92 Å². The maximum Gasteiger partial charge on any atom is 0.152 e. The van der Waals surface area contributed by atoms with Crippen LogP contribution in [0.5, 0.6) is 0 Å². The molecule has 0 saturated heterocycles. The largest absolute Gasteiger partial charge is 0.398 e. The Bertz CT molecular complexity index is 503. The third-order valence-electron chi connectivity index (χ3n) is 2.52. The Morgan fingerprint density at radius 2 is 2.00 bits per heavy atom. The zero-order chi connectivity index (χ0) is 10.1. The number of carbonyl (C=O) groups excluding carboxylic acids is 1. The molecular weight excluding hydrogens is 174 g/mol. The topological polar surface area (TPSA) is 43.1 Å². The second-order valence-corrected chi connectivity index (χ2v) is 3.34. The number of anilines is 1. The van der Waals surface area contributed by atoms with E-state index in [1.807, 2.05) is 37.3 Å². The number of rotatable bonds is 1. The summed E-state index contributed by atoms with van der Waals surface area (Å²) in [5.74, 6) is 0. The van der Waals surface area contributed by atoms with Crippen LogP contribution in [0.1, 0.15) is 15.9 Å². The molecule has 2 rings (SSSR count). The number of carbonyl (C=O) groups is 1.